The summed E-state index contributed by atoms with van der Waals surface area (Å²) in [4.78, 5) is 31.4. The van der Waals surface area contributed by atoms with Crippen molar-refractivity contribution in [1.82, 2.24) is 9.80 Å². The maximum atomic E-state index is 13.7. The maximum absolute atomic E-state index is 13.7. The Labute approximate surface area is 212 Å². The second-order valence-corrected chi connectivity index (χ2v) is 9.86. The van der Waals surface area contributed by atoms with Gasteiger partial charge in [-0.25, -0.2) is 0 Å². The van der Waals surface area contributed by atoms with Crippen molar-refractivity contribution in [3.8, 4) is 5.75 Å². The molecule has 2 aromatic carbocycles. The lowest BCUT2D eigenvalue weighted by atomic mass is 9.98. The number of morpholine rings is 1. The SMILES string of the molecule is CCCOc1ccc([C@@H]2c3c(oc4ccc(Br)cc4c3=O)C(=O)N2CCCN2CCOCC2)cc1. The maximum Gasteiger partial charge on any atom is 0.290 e. The van der Waals surface area contributed by atoms with Gasteiger partial charge < -0.3 is 18.8 Å². The van der Waals surface area contributed by atoms with Crippen molar-refractivity contribution in [2.45, 2.75) is 25.8 Å². The molecule has 2 aliphatic rings. The van der Waals surface area contributed by atoms with E-state index in [4.69, 9.17) is 13.9 Å². The van der Waals surface area contributed by atoms with Crippen LogP contribution >= 0.6 is 15.9 Å². The lowest BCUT2D eigenvalue weighted by Gasteiger charge is -2.29. The summed E-state index contributed by atoms with van der Waals surface area (Å²) in [6.45, 7) is 7.38. The van der Waals surface area contributed by atoms with Crippen LogP contribution in [0.1, 0.15) is 47.5 Å². The zero-order chi connectivity index (χ0) is 24.4. The van der Waals surface area contributed by atoms with Gasteiger partial charge in [-0.05, 0) is 48.7 Å². The molecule has 2 aliphatic heterocycles. The first kappa shape index (κ1) is 24.0. The van der Waals surface area contributed by atoms with Crippen molar-refractivity contribution >= 4 is 32.8 Å². The van der Waals surface area contributed by atoms with Gasteiger partial charge in [0.15, 0.2) is 5.43 Å². The number of hydrogen-bond donors (Lipinski definition) is 0. The molecule has 184 valence electrons. The fourth-order valence-corrected chi connectivity index (χ4v) is 5.19. The molecule has 35 heavy (non-hydrogen) atoms. The van der Waals surface area contributed by atoms with E-state index in [1.807, 2.05) is 30.3 Å². The standard InChI is InChI=1S/C27H29BrN2O5/c1-2-14-34-20-7-4-18(5-8-20)24-23-25(31)21-17-19(28)6-9-22(21)35-26(23)27(32)30(24)11-3-10-29-12-15-33-16-13-29/h4-9,17,24H,2-3,10-16H2,1H3/t24-/m1/s1. The fraction of sp³-hybridized carbons (Fsp3) is 0.407. The fourth-order valence-electron chi connectivity index (χ4n) is 4.83. The Morgan fingerprint density at radius 2 is 1.83 bits per heavy atom. The molecule has 0 spiro atoms. The minimum absolute atomic E-state index is 0.146. The Morgan fingerprint density at radius 1 is 1.06 bits per heavy atom. The summed E-state index contributed by atoms with van der Waals surface area (Å²) < 4.78 is 18.0. The van der Waals surface area contributed by atoms with E-state index in [1.54, 1.807) is 17.0 Å². The molecule has 0 aliphatic carbocycles. The lowest BCUT2D eigenvalue weighted by Crippen LogP contribution is -2.38. The largest absolute Gasteiger partial charge is 0.494 e. The van der Waals surface area contributed by atoms with E-state index >= 15 is 0 Å². The van der Waals surface area contributed by atoms with Gasteiger partial charge in [-0.15, -0.1) is 0 Å². The molecule has 0 unspecified atom stereocenters. The normalized spacial score (nSPS) is 18.3. The predicted octanol–water partition coefficient (Wildman–Crippen LogP) is 4.61. The van der Waals surface area contributed by atoms with Crippen molar-refractivity contribution < 1.29 is 18.7 Å². The minimum Gasteiger partial charge on any atom is -0.494 e. The number of benzene rings is 2. The van der Waals surface area contributed by atoms with E-state index in [9.17, 15) is 9.59 Å². The molecular formula is C27H29BrN2O5. The van der Waals surface area contributed by atoms with Gasteiger partial charge in [0.05, 0.1) is 36.8 Å². The number of amides is 1. The van der Waals surface area contributed by atoms with Crippen molar-refractivity contribution in [2.24, 2.45) is 0 Å². The van der Waals surface area contributed by atoms with Gasteiger partial charge in [0.2, 0.25) is 5.76 Å². The summed E-state index contributed by atoms with van der Waals surface area (Å²) in [5.41, 5.74) is 1.54. The molecule has 1 amide bonds. The Hall–Kier alpha value is -2.68. The van der Waals surface area contributed by atoms with Crippen LogP contribution in [0.5, 0.6) is 5.75 Å². The number of rotatable bonds is 8. The Kier molecular flexibility index (Phi) is 7.22. The van der Waals surface area contributed by atoms with Gasteiger partial charge in [0.1, 0.15) is 11.3 Å². The van der Waals surface area contributed by atoms with Crippen LogP contribution in [-0.4, -0.2) is 61.7 Å². The van der Waals surface area contributed by atoms with Crippen molar-refractivity contribution in [3.63, 3.8) is 0 Å². The van der Waals surface area contributed by atoms with Crippen molar-refractivity contribution in [3.05, 3.63) is 74.0 Å². The third-order valence-electron chi connectivity index (χ3n) is 6.57. The molecule has 3 heterocycles. The minimum atomic E-state index is -0.498. The summed E-state index contributed by atoms with van der Waals surface area (Å²) in [5.74, 6) is 0.682. The number of carbonyl (C=O) groups is 1. The van der Waals surface area contributed by atoms with Gasteiger partial charge in [-0.3, -0.25) is 14.5 Å². The molecule has 1 aromatic heterocycles. The highest BCUT2D eigenvalue weighted by Crippen LogP contribution is 2.39. The summed E-state index contributed by atoms with van der Waals surface area (Å²) >= 11 is 3.45. The van der Waals surface area contributed by atoms with E-state index < -0.39 is 6.04 Å². The first-order chi connectivity index (χ1) is 17.1. The predicted molar refractivity (Wildman–Crippen MR) is 137 cm³/mol. The zero-order valence-corrected chi connectivity index (χ0v) is 21.4. The number of carbonyl (C=O) groups excluding carboxylic acids is 1. The second-order valence-electron chi connectivity index (χ2n) is 8.94. The van der Waals surface area contributed by atoms with Crippen LogP contribution in [0.25, 0.3) is 11.0 Å². The molecular weight excluding hydrogens is 512 g/mol. The zero-order valence-electron chi connectivity index (χ0n) is 19.8. The summed E-state index contributed by atoms with van der Waals surface area (Å²) in [6, 6.07) is 12.5. The summed E-state index contributed by atoms with van der Waals surface area (Å²) in [6.07, 6.45) is 1.72. The van der Waals surface area contributed by atoms with Gasteiger partial charge in [0, 0.05) is 30.7 Å². The molecule has 1 atom stereocenters. The second kappa shape index (κ2) is 10.5. The molecule has 0 radical (unpaired) electrons. The highest BCUT2D eigenvalue weighted by atomic mass is 79.9. The molecule has 1 saturated heterocycles. The van der Waals surface area contributed by atoms with Crippen LogP contribution in [0.4, 0.5) is 0 Å². The van der Waals surface area contributed by atoms with Gasteiger partial charge in [0.25, 0.3) is 5.91 Å². The lowest BCUT2D eigenvalue weighted by molar-refractivity contribution is 0.0353. The Bertz CT molecular complexity index is 1270. The van der Waals surface area contributed by atoms with Crippen molar-refractivity contribution in [1.29, 1.82) is 0 Å². The Balaban J connectivity index is 1.50. The third kappa shape index (κ3) is 4.87. The van der Waals surface area contributed by atoms with E-state index in [-0.39, 0.29) is 17.1 Å². The summed E-state index contributed by atoms with van der Waals surface area (Å²) in [7, 11) is 0. The van der Waals surface area contributed by atoms with Crippen LogP contribution in [0.3, 0.4) is 0 Å². The third-order valence-corrected chi connectivity index (χ3v) is 7.07. The topological polar surface area (TPSA) is 72.2 Å². The van der Waals surface area contributed by atoms with Crippen LogP contribution in [-0.2, 0) is 4.74 Å². The average Bonchev–Trinajstić information content (AvgIpc) is 3.16. The summed E-state index contributed by atoms with van der Waals surface area (Å²) in [5, 5.41) is 0.467. The van der Waals surface area contributed by atoms with Crippen LogP contribution in [0.15, 0.2) is 56.1 Å². The first-order valence-electron chi connectivity index (χ1n) is 12.2. The average molecular weight is 541 g/mol. The smallest absolute Gasteiger partial charge is 0.290 e. The molecule has 5 rings (SSSR count). The highest BCUT2D eigenvalue weighted by Gasteiger charge is 2.42. The van der Waals surface area contributed by atoms with Gasteiger partial charge in [-0.2, -0.15) is 0 Å². The molecule has 3 aromatic rings. The number of nitrogens with zero attached hydrogens (tertiary/aromatic N) is 2. The van der Waals surface area contributed by atoms with Crippen LogP contribution in [0, 0.1) is 0 Å². The van der Waals surface area contributed by atoms with E-state index in [0.29, 0.717) is 29.7 Å². The number of hydrogen-bond acceptors (Lipinski definition) is 6. The van der Waals surface area contributed by atoms with Crippen LogP contribution in [0.2, 0.25) is 0 Å². The van der Waals surface area contributed by atoms with Gasteiger partial charge >= 0.3 is 0 Å². The molecule has 7 nitrogen and oxygen atoms in total. The van der Waals surface area contributed by atoms with Gasteiger partial charge in [-0.1, -0.05) is 35.0 Å². The monoisotopic (exact) mass is 540 g/mol. The van der Waals surface area contributed by atoms with Crippen molar-refractivity contribution in [2.75, 3.05) is 46.0 Å². The Morgan fingerprint density at radius 3 is 2.57 bits per heavy atom. The molecule has 0 bridgehead atoms. The number of halogens is 1. The van der Waals surface area contributed by atoms with E-state index in [0.717, 1.165) is 61.5 Å². The van der Waals surface area contributed by atoms with E-state index in [1.165, 1.54) is 0 Å². The molecule has 8 heteroatoms. The van der Waals surface area contributed by atoms with Crippen LogP contribution < -0.4 is 10.2 Å². The molecule has 0 N–H and O–H groups in total. The number of fused-ring (bicyclic) bond motifs is 2. The first-order valence-corrected chi connectivity index (χ1v) is 13.0. The quantitative estimate of drug-likeness (QED) is 0.415. The molecule has 1 fully saturated rings. The number of ether oxygens (including phenoxy) is 2. The molecule has 0 saturated carbocycles. The highest BCUT2D eigenvalue weighted by molar-refractivity contribution is 9.10. The van der Waals surface area contributed by atoms with E-state index in [2.05, 4.69) is 27.8 Å².